The number of nitrogens with zero attached hydrogens (tertiary/aromatic N) is 4. The smallest absolute Gasteiger partial charge is 0.216 e. The molecule has 282 valence electrons. The van der Waals surface area contributed by atoms with E-state index in [1.54, 1.807) is 6.07 Å². The van der Waals surface area contributed by atoms with E-state index in [9.17, 15) is 5.11 Å². The lowest BCUT2D eigenvalue weighted by Gasteiger charge is -2.13. The first-order valence-corrected chi connectivity index (χ1v) is 20.3. The Morgan fingerprint density at radius 2 is 1.15 bits per heavy atom. The van der Waals surface area contributed by atoms with Gasteiger partial charge in [-0.1, -0.05) is 103 Å². The number of benzene rings is 8. The van der Waals surface area contributed by atoms with Gasteiger partial charge in [0.2, 0.25) is 5.71 Å². The van der Waals surface area contributed by atoms with E-state index in [-0.39, 0.29) is 5.75 Å². The third kappa shape index (κ3) is 4.50. The fourth-order valence-electron chi connectivity index (χ4n) is 9.77. The molecule has 8 aromatic carbocycles. The van der Waals surface area contributed by atoms with Crippen LogP contribution in [0, 0.1) is 6.92 Å². The number of hydrogen-bond acceptors (Lipinski definition) is 3. The van der Waals surface area contributed by atoms with Gasteiger partial charge in [0.05, 0.1) is 43.9 Å². The molecule has 0 fully saturated rings. The largest absolute Gasteiger partial charge is 0.507 e. The van der Waals surface area contributed by atoms with E-state index in [4.69, 9.17) is 9.40 Å². The summed E-state index contributed by atoms with van der Waals surface area (Å²) in [5, 5.41) is 17.5. The molecule has 0 aliphatic carbocycles. The Morgan fingerprint density at radius 1 is 0.483 bits per heavy atom. The Morgan fingerprint density at radius 3 is 1.98 bits per heavy atom. The minimum atomic E-state index is 0.276. The maximum atomic E-state index is 10.8. The van der Waals surface area contributed by atoms with Gasteiger partial charge in [0, 0.05) is 38.5 Å². The Labute approximate surface area is 343 Å². The van der Waals surface area contributed by atoms with Gasteiger partial charge in [0.1, 0.15) is 11.3 Å². The van der Waals surface area contributed by atoms with E-state index in [0.29, 0.717) is 0 Å². The Balaban J connectivity index is 1.09. The zero-order valence-corrected chi connectivity index (χ0v) is 32.5. The van der Waals surface area contributed by atoms with Gasteiger partial charge in [0.25, 0.3) is 0 Å². The van der Waals surface area contributed by atoms with Crippen molar-refractivity contribution < 1.29 is 9.52 Å². The molecule has 0 saturated carbocycles. The van der Waals surface area contributed by atoms with E-state index in [1.807, 2.05) is 30.3 Å². The van der Waals surface area contributed by atoms with Crippen LogP contribution in [0.2, 0.25) is 0 Å². The van der Waals surface area contributed by atoms with Crippen molar-refractivity contribution in [3.63, 3.8) is 0 Å². The molecule has 5 aromatic heterocycles. The van der Waals surface area contributed by atoms with Crippen LogP contribution in [0.5, 0.6) is 5.75 Å². The molecule has 5 heterocycles. The number of aromatic hydroxyl groups is 1. The minimum absolute atomic E-state index is 0.276. The van der Waals surface area contributed by atoms with Crippen LogP contribution in [0.4, 0.5) is 0 Å². The van der Waals surface area contributed by atoms with Gasteiger partial charge >= 0.3 is 0 Å². The zero-order chi connectivity index (χ0) is 39.6. The number of pyridine rings is 1. The van der Waals surface area contributed by atoms with Crippen molar-refractivity contribution in [3.05, 3.63) is 188 Å². The highest BCUT2D eigenvalue weighted by molar-refractivity contribution is 6.29. The Kier molecular flexibility index (Phi) is 6.70. The number of rotatable bonds is 4. The van der Waals surface area contributed by atoms with Gasteiger partial charge in [-0.2, -0.15) is 0 Å². The molecule has 6 nitrogen and oxygen atoms in total. The number of aryl methyl sites for hydroxylation is 1. The van der Waals surface area contributed by atoms with Crippen molar-refractivity contribution in [1.29, 1.82) is 0 Å². The SMILES string of the molecule is Cc1ccc(-n2c3ccccc3c3cc(-c4ccc5c(c4)c4c(c6c7ccccc7oc6n6c7ccccc7nc46)n5-c4ccccc4)ccc32)cc1-c1ccccc1O. The van der Waals surface area contributed by atoms with Crippen molar-refractivity contribution in [2.45, 2.75) is 6.92 Å². The zero-order valence-electron chi connectivity index (χ0n) is 32.5. The number of aromatic nitrogens is 4. The second-order valence-electron chi connectivity index (χ2n) is 15.8. The van der Waals surface area contributed by atoms with Gasteiger partial charge in [-0.15, -0.1) is 0 Å². The lowest BCUT2D eigenvalue weighted by atomic mass is 9.99. The molecular formula is C54H34N4O2. The summed E-state index contributed by atoms with van der Waals surface area (Å²) >= 11 is 0. The monoisotopic (exact) mass is 770 g/mol. The fraction of sp³-hybridized carbons (Fsp3) is 0.0185. The van der Waals surface area contributed by atoms with Crippen molar-refractivity contribution in [2.24, 2.45) is 0 Å². The summed E-state index contributed by atoms with van der Waals surface area (Å²) in [5.74, 6) is 0.276. The second-order valence-corrected chi connectivity index (χ2v) is 15.8. The number of hydrogen-bond donors (Lipinski definition) is 1. The normalized spacial score (nSPS) is 12.2. The van der Waals surface area contributed by atoms with Crippen LogP contribution in [0.25, 0.3) is 116 Å². The van der Waals surface area contributed by atoms with Gasteiger partial charge in [-0.25, -0.2) is 4.98 Å². The number of imidazole rings is 1. The van der Waals surface area contributed by atoms with Crippen LogP contribution < -0.4 is 0 Å². The number of fused-ring (bicyclic) bond motifs is 15. The predicted octanol–water partition coefficient (Wildman–Crippen LogP) is 13.9. The van der Waals surface area contributed by atoms with Crippen LogP contribution in [0.3, 0.4) is 0 Å². The molecule has 0 aliphatic heterocycles. The molecule has 6 heteroatoms. The van der Waals surface area contributed by atoms with Gasteiger partial charge < -0.3 is 18.7 Å². The summed E-state index contributed by atoms with van der Waals surface area (Å²) in [6.45, 7) is 2.09. The van der Waals surface area contributed by atoms with Crippen molar-refractivity contribution >= 4 is 82.4 Å². The Hall–Kier alpha value is -8.09. The quantitative estimate of drug-likeness (QED) is 0.194. The molecule has 60 heavy (non-hydrogen) atoms. The van der Waals surface area contributed by atoms with Crippen molar-refractivity contribution in [1.82, 2.24) is 18.5 Å². The molecule has 13 rings (SSSR count). The lowest BCUT2D eigenvalue weighted by Crippen LogP contribution is -1.96. The maximum Gasteiger partial charge on any atom is 0.216 e. The average Bonchev–Trinajstić information content (AvgIpc) is 4.04. The van der Waals surface area contributed by atoms with Crippen LogP contribution in [-0.4, -0.2) is 23.6 Å². The van der Waals surface area contributed by atoms with E-state index in [2.05, 4.69) is 166 Å². The molecule has 0 bridgehead atoms. The van der Waals surface area contributed by atoms with Crippen LogP contribution in [-0.2, 0) is 0 Å². The molecule has 1 N–H and O–H groups in total. The molecule has 0 atom stereocenters. The van der Waals surface area contributed by atoms with Crippen molar-refractivity contribution in [3.8, 4) is 39.4 Å². The highest BCUT2D eigenvalue weighted by Crippen LogP contribution is 2.45. The molecule has 0 radical (unpaired) electrons. The summed E-state index contributed by atoms with van der Waals surface area (Å²) in [5.41, 5.74) is 16.2. The molecular weight excluding hydrogens is 737 g/mol. The second kappa shape index (κ2) is 12.2. The third-order valence-electron chi connectivity index (χ3n) is 12.5. The van der Waals surface area contributed by atoms with Gasteiger partial charge in [-0.3, -0.25) is 4.40 Å². The van der Waals surface area contributed by atoms with Crippen LogP contribution >= 0.6 is 0 Å². The first-order valence-electron chi connectivity index (χ1n) is 20.3. The standard InChI is InChI=1S/C54H34N4O2/c1-32-23-26-36(31-40(32)38-16-6-11-21-48(38)59)56-44-19-9-5-15-37(44)41-29-33(24-27-45(41)56)34-25-28-46-42(30-34)50-52(57(46)35-13-3-2-4-14-35)51-39-17-7-12-22-49(39)60-54(51)58-47-20-10-8-18-43(47)55-53(50)58/h2-31,59H,1H3. The van der Waals surface area contributed by atoms with E-state index in [0.717, 1.165) is 111 Å². The molecule has 0 saturated heterocycles. The van der Waals surface area contributed by atoms with Crippen LogP contribution in [0.1, 0.15) is 5.56 Å². The summed E-state index contributed by atoms with van der Waals surface area (Å²) in [6, 6.07) is 63.7. The van der Waals surface area contributed by atoms with Gasteiger partial charge in [-0.05, 0) is 108 Å². The summed E-state index contributed by atoms with van der Waals surface area (Å²) in [7, 11) is 0. The minimum Gasteiger partial charge on any atom is -0.507 e. The topological polar surface area (TPSA) is 60.5 Å². The number of para-hydroxylation sites is 6. The molecule has 0 aliphatic rings. The highest BCUT2D eigenvalue weighted by Gasteiger charge is 2.26. The molecule has 0 amide bonds. The molecule has 0 unspecified atom stereocenters. The number of phenolic OH excluding ortho intramolecular Hbond substituents is 1. The molecule has 13 aromatic rings. The summed E-state index contributed by atoms with van der Waals surface area (Å²) < 4.78 is 13.7. The van der Waals surface area contributed by atoms with E-state index in [1.165, 1.54) is 10.8 Å². The first-order chi connectivity index (χ1) is 29.6. The maximum absolute atomic E-state index is 10.8. The molecule has 0 spiro atoms. The van der Waals surface area contributed by atoms with Crippen molar-refractivity contribution in [2.75, 3.05) is 0 Å². The third-order valence-corrected chi connectivity index (χ3v) is 12.5. The number of furan rings is 1. The highest BCUT2D eigenvalue weighted by atomic mass is 16.3. The lowest BCUT2D eigenvalue weighted by molar-refractivity contribution is 0.477. The summed E-state index contributed by atoms with van der Waals surface area (Å²) in [4.78, 5) is 5.34. The predicted molar refractivity (Wildman–Crippen MR) is 246 cm³/mol. The summed E-state index contributed by atoms with van der Waals surface area (Å²) in [6.07, 6.45) is 0. The Bertz CT molecular complexity index is 3920. The number of phenols is 1. The fourth-order valence-corrected chi connectivity index (χ4v) is 9.77. The van der Waals surface area contributed by atoms with Crippen LogP contribution in [0.15, 0.2) is 186 Å². The van der Waals surface area contributed by atoms with E-state index >= 15 is 0 Å². The first kappa shape index (κ1) is 32.9. The van der Waals surface area contributed by atoms with Gasteiger partial charge in [0.15, 0.2) is 5.65 Å². The van der Waals surface area contributed by atoms with E-state index < -0.39 is 0 Å². The average molecular weight is 771 g/mol.